The van der Waals surface area contributed by atoms with Gasteiger partial charge in [-0.05, 0) is 26.7 Å². The van der Waals surface area contributed by atoms with Crippen molar-refractivity contribution in [3.05, 3.63) is 0 Å². The van der Waals surface area contributed by atoms with Crippen molar-refractivity contribution in [2.45, 2.75) is 33.2 Å². The predicted molar refractivity (Wildman–Crippen MR) is 55.2 cm³/mol. The third-order valence-electron chi connectivity index (χ3n) is 2.12. The van der Waals surface area contributed by atoms with E-state index in [0.717, 1.165) is 0 Å². The summed E-state index contributed by atoms with van der Waals surface area (Å²) in [6.45, 7) is 8.53. The van der Waals surface area contributed by atoms with E-state index in [1.807, 2.05) is 32.6 Å². The van der Waals surface area contributed by atoms with Crippen molar-refractivity contribution >= 4 is 5.97 Å². The van der Waals surface area contributed by atoms with Crippen molar-refractivity contribution in [1.82, 2.24) is 4.90 Å². The van der Waals surface area contributed by atoms with Crippen molar-refractivity contribution in [1.29, 1.82) is 0 Å². The Morgan fingerprint density at radius 3 is 2.21 bits per heavy atom. The summed E-state index contributed by atoms with van der Waals surface area (Å²) in [5.41, 5.74) is -0.179. The first-order valence-corrected chi connectivity index (χ1v) is 4.85. The first-order valence-electron chi connectivity index (χ1n) is 4.85. The summed E-state index contributed by atoms with van der Waals surface area (Å²) >= 11 is 0. The van der Waals surface area contributed by atoms with E-state index < -0.39 is 5.97 Å². The van der Waals surface area contributed by atoms with E-state index in [1.165, 1.54) is 0 Å². The molecule has 4 heteroatoms. The molecule has 0 aliphatic carbocycles. The maximum Gasteiger partial charge on any atom is 0.317 e. The molecule has 0 aliphatic rings. The fraction of sp³-hybridized carbons (Fsp3) is 0.900. The molecule has 0 aliphatic heterocycles. The lowest BCUT2D eigenvalue weighted by molar-refractivity contribution is -0.140. The maximum atomic E-state index is 10.6. The minimum absolute atomic E-state index is 0.0217. The normalized spacial score (nSPS) is 14.4. The van der Waals surface area contributed by atoms with Crippen LogP contribution in [0.15, 0.2) is 0 Å². The van der Waals surface area contributed by atoms with Gasteiger partial charge in [-0.2, -0.15) is 0 Å². The van der Waals surface area contributed by atoms with Gasteiger partial charge in [-0.3, -0.25) is 9.69 Å². The van der Waals surface area contributed by atoms with E-state index in [9.17, 15) is 4.79 Å². The zero-order chi connectivity index (χ0) is 11.4. The van der Waals surface area contributed by atoms with Crippen LogP contribution in [0.4, 0.5) is 0 Å². The van der Waals surface area contributed by atoms with Gasteiger partial charge >= 0.3 is 5.97 Å². The van der Waals surface area contributed by atoms with Crippen LogP contribution in [0, 0.1) is 5.92 Å². The molecular weight excluding hydrogens is 182 g/mol. The Morgan fingerprint density at radius 1 is 1.43 bits per heavy atom. The van der Waals surface area contributed by atoms with E-state index in [1.54, 1.807) is 0 Å². The van der Waals surface area contributed by atoms with Crippen LogP contribution in [0.3, 0.4) is 0 Å². The number of carboxylic acids is 1. The molecule has 0 amide bonds. The van der Waals surface area contributed by atoms with Gasteiger partial charge in [-0.1, -0.05) is 6.92 Å². The summed E-state index contributed by atoms with van der Waals surface area (Å²) in [5.74, 6) is -0.723. The number of aliphatic hydroxyl groups excluding tert-OH is 1. The maximum absolute atomic E-state index is 10.6. The van der Waals surface area contributed by atoms with Crippen LogP contribution in [0.25, 0.3) is 0 Å². The third kappa shape index (κ3) is 5.19. The summed E-state index contributed by atoms with van der Waals surface area (Å²) in [7, 11) is 0. The summed E-state index contributed by atoms with van der Waals surface area (Å²) in [6, 6.07) is 0. The zero-order valence-corrected chi connectivity index (χ0v) is 9.45. The molecule has 1 atom stereocenters. The van der Waals surface area contributed by atoms with Crippen molar-refractivity contribution < 1.29 is 15.0 Å². The topological polar surface area (TPSA) is 60.8 Å². The monoisotopic (exact) mass is 203 g/mol. The highest BCUT2D eigenvalue weighted by Gasteiger charge is 2.24. The highest BCUT2D eigenvalue weighted by atomic mass is 16.4. The Balaban J connectivity index is 4.33. The van der Waals surface area contributed by atoms with Crippen LogP contribution in [0.1, 0.15) is 27.7 Å². The van der Waals surface area contributed by atoms with Crippen LogP contribution in [-0.4, -0.2) is 46.3 Å². The highest BCUT2D eigenvalue weighted by molar-refractivity contribution is 5.69. The first kappa shape index (κ1) is 13.4. The average molecular weight is 203 g/mol. The predicted octanol–water partition coefficient (Wildman–Crippen LogP) is 0.800. The average Bonchev–Trinajstić information content (AvgIpc) is 2.00. The number of carboxylic acid groups (broad SMARTS) is 1. The molecule has 0 saturated heterocycles. The number of nitrogens with zero attached hydrogens (tertiary/aromatic N) is 1. The van der Waals surface area contributed by atoms with Gasteiger partial charge in [0.25, 0.3) is 0 Å². The molecule has 0 heterocycles. The van der Waals surface area contributed by atoms with Crippen LogP contribution in [-0.2, 0) is 4.79 Å². The van der Waals surface area contributed by atoms with Gasteiger partial charge in [0, 0.05) is 18.7 Å². The number of aliphatic carboxylic acids is 1. The number of hydrogen-bond donors (Lipinski definition) is 2. The van der Waals surface area contributed by atoms with Crippen LogP contribution < -0.4 is 0 Å². The smallest absolute Gasteiger partial charge is 0.317 e. The molecule has 0 spiro atoms. The van der Waals surface area contributed by atoms with Gasteiger partial charge in [0.2, 0.25) is 0 Å². The van der Waals surface area contributed by atoms with Gasteiger partial charge in [0.1, 0.15) is 0 Å². The molecule has 2 N–H and O–H groups in total. The Labute approximate surface area is 85.5 Å². The van der Waals surface area contributed by atoms with E-state index in [0.29, 0.717) is 6.54 Å². The molecule has 4 nitrogen and oxygen atoms in total. The minimum atomic E-state index is -0.829. The van der Waals surface area contributed by atoms with Crippen LogP contribution >= 0.6 is 0 Å². The summed E-state index contributed by atoms with van der Waals surface area (Å²) in [6.07, 6.45) is 0. The number of hydrogen-bond acceptors (Lipinski definition) is 3. The van der Waals surface area contributed by atoms with Crippen LogP contribution in [0.2, 0.25) is 0 Å². The lowest BCUT2D eigenvalue weighted by atomic mass is 10.0. The largest absolute Gasteiger partial charge is 0.480 e. The molecule has 14 heavy (non-hydrogen) atoms. The fourth-order valence-electron chi connectivity index (χ4n) is 1.17. The Morgan fingerprint density at radius 2 is 1.93 bits per heavy atom. The lowest BCUT2D eigenvalue weighted by Crippen LogP contribution is -2.46. The van der Waals surface area contributed by atoms with Gasteiger partial charge in [0.05, 0.1) is 6.54 Å². The van der Waals surface area contributed by atoms with Crippen molar-refractivity contribution in [2.24, 2.45) is 5.92 Å². The summed E-state index contributed by atoms with van der Waals surface area (Å²) in [5, 5.41) is 17.6. The zero-order valence-electron chi connectivity index (χ0n) is 9.45. The van der Waals surface area contributed by atoms with Crippen molar-refractivity contribution in [3.63, 3.8) is 0 Å². The van der Waals surface area contributed by atoms with E-state index in [2.05, 4.69) is 0 Å². The molecule has 0 saturated carbocycles. The number of carbonyl (C=O) groups is 1. The van der Waals surface area contributed by atoms with Crippen LogP contribution in [0.5, 0.6) is 0 Å². The Kier molecular flexibility index (Phi) is 5.08. The Hall–Kier alpha value is -0.610. The molecule has 0 rings (SSSR count). The second kappa shape index (κ2) is 5.32. The van der Waals surface area contributed by atoms with E-state index in [4.69, 9.17) is 10.2 Å². The quantitative estimate of drug-likeness (QED) is 0.694. The van der Waals surface area contributed by atoms with E-state index in [-0.39, 0.29) is 24.6 Å². The molecule has 0 fully saturated rings. The molecule has 0 aromatic heterocycles. The molecule has 1 unspecified atom stereocenters. The van der Waals surface area contributed by atoms with Crippen molar-refractivity contribution in [2.75, 3.05) is 19.7 Å². The summed E-state index contributed by atoms with van der Waals surface area (Å²) < 4.78 is 0. The molecule has 0 aromatic carbocycles. The van der Waals surface area contributed by atoms with Gasteiger partial charge in [0.15, 0.2) is 0 Å². The number of aliphatic hydroxyl groups is 1. The van der Waals surface area contributed by atoms with Crippen molar-refractivity contribution in [3.8, 4) is 0 Å². The lowest BCUT2D eigenvalue weighted by Gasteiger charge is -2.35. The second-order valence-electron chi connectivity index (χ2n) is 4.73. The molecule has 0 aromatic rings. The third-order valence-corrected chi connectivity index (χ3v) is 2.12. The molecule has 84 valence electrons. The van der Waals surface area contributed by atoms with Gasteiger partial charge < -0.3 is 10.2 Å². The first-order chi connectivity index (χ1) is 6.27. The summed E-state index contributed by atoms with van der Waals surface area (Å²) in [4.78, 5) is 12.5. The standard InChI is InChI=1S/C10H21NO3/c1-8(7-12)5-11(6-9(13)14)10(2,3)4/h8,12H,5-7H2,1-4H3,(H,13,14). The Bertz CT molecular complexity index is 186. The second-order valence-corrected chi connectivity index (χ2v) is 4.73. The van der Waals surface area contributed by atoms with Gasteiger partial charge in [-0.15, -0.1) is 0 Å². The fourth-order valence-corrected chi connectivity index (χ4v) is 1.17. The highest BCUT2D eigenvalue weighted by Crippen LogP contribution is 2.14. The van der Waals surface area contributed by atoms with Gasteiger partial charge in [-0.25, -0.2) is 0 Å². The number of rotatable bonds is 5. The molecular formula is C10H21NO3. The minimum Gasteiger partial charge on any atom is -0.480 e. The SMILES string of the molecule is CC(CO)CN(CC(=O)O)C(C)(C)C. The molecule has 0 bridgehead atoms. The molecule has 0 radical (unpaired) electrons. The van der Waals surface area contributed by atoms with E-state index >= 15 is 0 Å².